The number of aliphatic carboxylic acids is 2. The number of rotatable bonds is 12. The van der Waals surface area contributed by atoms with E-state index in [1.807, 2.05) is 39.8 Å². The van der Waals surface area contributed by atoms with Gasteiger partial charge < -0.3 is 30.8 Å². The molecule has 0 aliphatic carbocycles. The molecular weight excluding hydrogens is 580 g/mol. The molecule has 44 heavy (non-hydrogen) atoms. The number of hydrogen-bond donors (Lipinski definition) is 6. The van der Waals surface area contributed by atoms with Gasteiger partial charge in [0.05, 0.1) is 5.92 Å². The van der Waals surface area contributed by atoms with Gasteiger partial charge in [-0.2, -0.15) is 0 Å². The first kappa shape index (κ1) is 31.2. The average Bonchev–Trinajstić information content (AvgIpc) is 3.53. The summed E-state index contributed by atoms with van der Waals surface area (Å²) in [4.78, 5) is 55.0. The van der Waals surface area contributed by atoms with E-state index in [1.165, 1.54) is 17.8 Å². The molecule has 0 aromatic carbocycles. The van der Waals surface area contributed by atoms with E-state index >= 15 is 0 Å². The SMILES string of the molecule is C=CC1=C(C)/C(=C/c2[nH]c(Cc3[nH]c(/C=C4\NC(=O)[C@@H](C)[C@@H]4[C@@H]4C[SH+]4)c(C)c3CCC(=O)O)c(CCC(=O)O)c2C)NC1=O. The summed E-state index contributed by atoms with van der Waals surface area (Å²) in [5.41, 5.74) is 9.65. The molecule has 2 aromatic heterocycles. The lowest BCUT2D eigenvalue weighted by Crippen LogP contribution is -2.17. The minimum absolute atomic E-state index is 0.0224. The number of hydrogen-bond acceptors (Lipinski definition) is 4. The Bertz CT molecular complexity index is 1670. The van der Waals surface area contributed by atoms with Crippen LogP contribution < -0.4 is 10.6 Å². The number of aromatic amines is 2. The van der Waals surface area contributed by atoms with Crippen molar-refractivity contribution in [1.82, 2.24) is 20.6 Å². The molecule has 3 atom stereocenters. The number of amides is 2. The molecule has 6 N–H and O–H groups in total. The highest BCUT2D eigenvalue weighted by Gasteiger charge is 2.52. The maximum Gasteiger partial charge on any atom is 0.303 e. The second-order valence-electron chi connectivity index (χ2n) is 11.8. The molecule has 3 aliphatic rings. The topological polar surface area (TPSA) is 164 Å². The van der Waals surface area contributed by atoms with Gasteiger partial charge in [-0.1, -0.05) is 19.6 Å². The smallest absolute Gasteiger partial charge is 0.303 e. The maximum atomic E-state index is 12.6. The van der Waals surface area contributed by atoms with Crippen LogP contribution in [-0.2, 0) is 50.2 Å². The first-order chi connectivity index (χ1) is 20.9. The Balaban J connectivity index is 1.55. The third-order valence-electron chi connectivity index (χ3n) is 9.02. The Kier molecular flexibility index (Phi) is 8.78. The van der Waals surface area contributed by atoms with Crippen LogP contribution in [-0.4, -0.2) is 54.9 Å². The number of carboxylic acid groups (broad SMARTS) is 2. The van der Waals surface area contributed by atoms with Gasteiger partial charge in [0.25, 0.3) is 5.91 Å². The van der Waals surface area contributed by atoms with E-state index in [9.17, 15) is 29.4 Å². The summed E-state index contributed by atoms with van der Waals surface area (Å²) < 4.78 is 0. The van der Waals surface area contributed by atoms with E-state index in [2.05, 4.69) is 27.2 Å². The molecule has 232 valence electrons. The third-order valence-corrected chi connectivity index (χ3v) is 10.1. The van der Waals surface area contributed by atoms with Crippen molar-refractivity contribution in [1.29, 1.82) is 0 Å². The second-order valence-corrected chi connectivity index (χ2v) is 13.2. The van der Waals surface area contributed by atoms with Crippen LogP contribution in [0.15, 0.2) is 35.2 Å². The Morgan fingerprint density at radius 2 is 1.48 bits per heavy atom. The molecular formula is C33H39N4O6S+. The van der Waals surface area contributed by atoms with Crippen LogP contribution in [0.2, 0.25) is 0 Å². The molecule has 5 heterocycles. The Morgan fingerprint density at radius 3 is 1.95 bits per heavy atom. The van der Waals surface area contributed by atoms with E-state index in [1.54, 1.807) is 0 Å². The zero-order valence-electron chi connectivity index (χ0n) is 25.4. The van der Waals surface area contributed by atoms with Crippen LogP contribution in [0, 0.1) is 25.7 Å². The molecule has 2 saturated heterocycles. The number of H-pyrrole nitrogens is 2. The zero-order valence-corrected chi connectivity index (χ0v) is 26.3. The van der Waals surface area contributed by atoms with Crippen LogP contribution >= 0.6 is 0 Å². The van der Waals surface area contributed by atoms with E-state index in [0.29, 0.717) is 35.8 Å². The highest BCUT2D eigenvalue weighted by molar-refractivity contribution is 7.86. The monoisotopic (exact) mass is 619 g/mol. The van der Waals surface area contributed by atoms with Gasteiger partial charge in [0.2, 0.25) is 5.91 Å². The van der Waals surface area contributed by atoms with Gasteiger partial charge in [-0.15, -0.1) is 0 Å². The van der Waals surface area contributed by atoms with Crippen molar-refractivity contribution in [2.45, 2.75) is 65.0 Å². The molecule has 3 aliphatic heterocycles. The standard InChI is InChI=1S/C33H38N4O6S/c1-6-19-15(2)24(36-33(19)43)11-22-16(3)20(7-9-29(38)39)25(34-22)13-26-21(8-10-30(40)41)17(4)23(35-26)12-27-31(28-14-44-28)18(5)32(42)37-27/h6,11-12,18,28,31,34-35H,1,7-10,13-14H2,2-5H3,(H,36,43)(H,37,42)(H,38,39)(H,40,41)/p+1/b24-11-,27-12-/t18-,28-,31-/m0/s1. The Hall–Kier alpha value is -4.25. The van der Waals surface area contributed by atoms with Crippen LogP contribution in [0.1, 0.15) is 71.7 Å². The quantitative estimate of drug-likeness (QED) is 0.121. The first-order valence-electron chi connectivity index (χ1n) is 14.8. The maximum absolute atomic E-state index is 12.6. The Labute approximate surface area is 260 Å². The molecule has 2 amide bonds. The van der Waals surface area contributed by atoms with Crippen molar-refractivity contribution >= 4 is 47.7 Å². The minimum Gasteiger partial charge on any atom is -0.481 e. The summed E-state index contributed by atoms with van der Waals surface area (Å²) in [6.07, 6.45) is 6.32. The fraction of sp³-hybridized carbons (Fsp3) is 0.394. The minimum atomic E-state index is -0.905. The molecule has 10 nitrogen and oxygen atoms in total. The summed E-state index contributed by atoms with van der Waals surface area (Å²) >= 11 is 1.35. The highest BCUT2D eigenvalue weighted by atomic mass is 32.2. The zero-order chi connectivity index (χ0) is 31.9. The molecule has 0 radical (unpaired) electrons. The highest BCUT2D eigenvalue weighted by Crippen LogP contribution is 2.38. The van der Waals surface area contributed by atoms with E-state index in [0.717, 1.165) is 62.1 Å². The number of allylic oxidation sites excluding steroid dienone is 2. The third kappa shape index (κ3) is 6.19. The number of thiol groups is 1. The van der Waals surface area contributed by atoms with Crippen LogP contribution in [0.25, 0.3) is 12.2 Å². The van der Waals surface area contributed by atoms with E-state index < -0.39 is 11.9 Å². The number of aromatic nitrogens is 2. The first-order valence-corrected chi connectivity index (χ1v) is 15.9. The lowest BCUT2D eigenvalue weighted by atomic mass is 9.91. The van der Waals surface area contributed by atoms with E-state index in [-0.39, 0.29) is 36.5 Å². The number of carboxylic acids is 2. The van der Waals surface area contributed by atoms with Crippen molar-refractivity contribution in [3.05, 3.63) is 80.2 Å². The number of carbonyl (C=O) groups excluding carboxylic acids is 2. The molecule has 0 saturated carbocycles. The van der Waals surface area contributed by atoms with Gasteiger partial charge in [-0.25, -0.2) is 0 Å². The van der Waals surface area contributed by atoms with Crippen molar-refractivity contribution < 1.29 is 29.4 Å². The van der Waals surface area contributed by atoms with Gasteiger partial charge in [-0.3, -0.25) is 19.2 Å². The van der Waals surface area contributed by atoms with Crippen LogP contribution in [0.4, 0.5) is 0 Å². The van der Waals surface area contributed by atoms with Gasteiger partial charge >= 0.3 is 11.9 Å². The number of nitrogens with one attached hydrogen (secondary N) is 4. The molecule has 2 fully saturated rings. The largest absolute Gasteiger partial charge is 0.481 e. The summed E-state index contributed by atoms with van der Waals surface area (Å²) in [5, 5.41) is 25.4. The summed E-state index contributed by atoms with van der Waals surface area (Å²) in [6.45, 7) is 11.4. The lowest BCUT2D eigenvalue weighted by molar-refractivity contribution is -0.138. The van der Waals surface area contributed by atoms with E-state index in [4.69, 9.17) is 0 Å². The molecule has 5 rings (SSSR count). The summed E-state index contributed by atoms with van der Waals surface area (Å²) in [5.74, 6) is -0.877. The van der Waals surface area contributed by atoms with Crippen molar-refractivity contribution in [3.63, 3.8) is 0 Å². The predicted octanol–water partition coefficient (Wildman–Crippen LogP) is 3.48. The molecule has 0 bridgehead atoms. The van der Waals surface area contributed by atoms with Gasteiger partial charge in [0.1, 0.15) is 0 Å². The Morgan fingerprint density at radius 1 is 0.932 bits per heavy atom. The fourth-order valence-electron chi connectivity index (χ4n) is 6.37. The number of carbonyl (C=O) groups is 4. The lowest BCUT2D eigenvalue weighted by Gasteiger charge is -2.08. The van der Waals surface area contributed by atoms with Crippen molar-refractivity contribution in [3.8, 4) is 0 Å². The molecule has 0 unspecified atom stereocenters. The predicted molar refractivity (Wildman–Crippen MR) is 171 cm³/mol. The molecule has 2 aromatic rings. The second kappa shape index (κ2) is 12.4. The van der Waals surface area contributed by atoms with Gasteiger partial charge in [-0.05, 0) is 85.4 Å². The van der Waals surface area contributed by atoms with Crippen molar-refractivity contribution in [2.75, 3.05) is 5.75 Å². The molecule has 0 spiro atoms. The molecule has 11 heteroatoms. The van der Waals surface area contributed by atoms with Crippen molar-refractivity contribution in [2.24, 2.45) is 11.8 Å². The summed E-state index contributed by atoms with van der Waals surface area (Å²) in [6, 6.07) is 0. The summed E-state index contributed by atoms with van der Waals surface area (Å²) in [7, 11) is 0. The van der Waals surface area contributed by atoms with Crippen LogP contribution in [0.3, 0.4) is 0 Å². The van der Waals surface area contributed by atoms with Crippen LogP contribution in [0.5, 0.6) is 0 Å². The van der Waals surface area contributed by atoms with Gasteiger partial charge in [0.15, 0.2) is 11.0 Å². The normalized spacial score (nSPS) is 23.0. The van der Waals surface area contributed by atoms with Gasteiger partial charge in [0, 0.05) is 64.9 Å². The fourth-order valence-corrected chi connectivity index (χ4v) is 7.37. The average molecular weight is 620 g/mol.